The van der Waals surface area contributed by atoms with Crippen LogP contribution >= 0.6 is 7.82 Å². The van der Waals surface area contributed by atoms with Crippen LogP contribution in [0, 0.1) is 0 Å². The van der Waals surface area contributed by atoms with E-state index in [9.17, 15) is 19.4 Å². The highest BCUT2D eigenvalue weighted by molar-refractivity contribution is 7.47. The molecule has 0 aliphatic rings. The number of hydrogen-bond donors (Lipinski definition) is 3. The minimum Gasteiger partial charge on any atom is -0.391 e. The number of unbranched alkanes of at least 4 members (excludes halogenated alkanes) is 33. The van der Waals surface area contributed by atoms with E-state index >= 15 is 0 Å². The summed E-state index contributed by atoms with van der Waals surface area (Å²) in [5.41, 5.74) is 0. The van der Waals surface area contributed by atoms with Crippen molar-refractivity contribution < 1.29 is 32.9 Å². The molecule has 0 aliphatic carbocycles. The van der Waals surface area contributed by atoms with Crippen LogP contribution in [0.1, 0.15) is 251 Å². The Kier molecular flexibility index (Phi) is 40.5. The topological polar surface area (TPSA) is 105 Å². The van der Waals surface area contributed by atoms with E-state index in [0.717, 1.165) is 38.5 Å². The summed E-state index contributed by atoms with van der Waals surface area (Å²) in [4.78, 5) is 23.2. The number of aliphatic hydroxyl groups excluding tert-OH is 1. The summed E-state index contributed by atoms with van der Waals surface area (Å²) in [6.07, 6.45) is 45.6. The molecule has 0 heterocycles. The third kappa shape index (κ3) is 43.4. The lowest BCUT2D eigenvalue weighted by Crippen LogP contribution is -2.46. The van der Waals surface area contributed by atoms with Crippen molar-refractivity contribution in [2.45, 2.75) is 264 Å². The Morgan fingerprint density at radius 1 is 0.526 bits per heavy atom. The summed E-state index contributed by atoms with van der Waals surface area (Å²) in [6, 6.07) is -0.753. The van der Waals surface area contributed by atoms with E-state index in [4.69, 9.17) is 9.05 Å². The summed E-state index contributed by atoms with van der Waals surface area (Å²) >= 11 is 0. The Bertz CT molecular complexity index is 901. The van der Waals surface area contributed by atoms with Crippen molar-refractivity contribution in [3.63, 3.8) is 0 Å². The fourth-order valence-corrected chi connectivity index (χ4v) is 8.37. The first-order valence-corrected chi connectivity index (χ1v) is 26.4. The van der Waals surface area contributed by atoms with Crippen molar-refractivity contribution in [1.82, 2.24) is 5.32 Å². The Morgan fingerprint density at radius 2 is 0.842 bits per heavy atom. The molecule has 0 saturated carbocycles. The summed E-state index contributed by atoms with van der Waals surface area (Å²) in [6.45, 7) is 4.92. The van der Waals surface area contributed by atoms with Crippen LogP contribution in [0.3, 0.4) is 0 Å². The summed E-state index contributed by atoms with van der Waals surface area (Å²) in [5, 5.41) is 14.0. The fourth-order valence-electron chi connectivity index (χ4n) is 7.64. The Morgan fingerprint density at radius 3 is 1.18 bits per heavy atom. The quantitative estimate of drug-likeness (QED) is 0.0321. The molecule has 0 fully saturated rings. The highest BCUT2D eigenvalue weighted by Gasteiger charge is 2.28. The maximum atomic E-state index is 12.9. The molecule has 9 heteroatoms. The molecule has 57 heavy (non-hydrogen) atoms. The monoisotopic (exact) mass is 832 g/mol. The van der Waals surface area contributed by atoms with Crippen molar-refractivity contribution in [1.29, 1.82) is 0 Å². The fraction of sp³-hybridized carbons (Fsp3) is 0.979. The predicted octanol–water partition coefficient (Wildman–Crippen LogP) is 14.1. The molecule has 0 rings (SSSR count). The van der Waals surface area contributed by atoms with Crippen molar-refractivity contribution >= 4 is 13.7 Å². The number of amides is 1. The van der Waals surface area contributed by atoms with Crippen LogP contribution < -0.4 is 5.32 Å². The van der Waals surface area contributed by atoms with Crippen LogP contribution in [-0.4, -0.2) is 73.4 Å². The molecule has 0 spiro atoms. The van der Waals surface area contributed by atoms with Gasteiger partial charge in [-0.1, -0.05) is 232 Å². The maximum absolute atomic E-state index is 12.9. The maximum Gasteiger partial charge on any atom is 0.472 e. The number of phosphoric ester groups is 1. The number of likely N-dealkylation sites (N-methyl/N-ethyl adjacent to an activating group) is 1. The second kappa shape index (κ2) is 40.9. The van der Waals surface area contributed by atoms with Gasteiger partial charge in [0.05, 0.1) is 39.9 Å². The molecule has 3 unspecified atom stereocenters. The lowest BCUT2D eigenvalue weighted by Gasteiger charge is -2.26. The third-order valence-electron chi connectivity index (χ3n) is 11.6. The average molecular weight is 832 g/mol. The molecule has 1 amide bonds. The number of nitrogens with one attached hydrogen (secondary N) is 1. The van der Waals surface area contributed by atoms with E-state index in [1.807, 2.05) is 21.1 Å². The smallest absolute Gasteiger partial charge is 0.391 e. The zero-order valence-corrected chi connectivity index (χ0v) is 39.8. The van der Waals surface area contributed by atoms with Gasteiger partial charge in [-0.3, -0.25) is 13.8 Å². The second-order valence-electron chi connectivity index (χ2n) is 18.6. The minimum absolute atomic E-state index is 0.0787. The number of phosphoric acid groups is 1. The third-order valence-corrected chi connectivity index (χ3v) is 12.6. The number of hydrogen-bond acceptors (Lipinski definition) is 5. The van der Waals surface area contributed by atoms with Crippen molar-refractivity contribution in [2.75, 3.05) is 40.9 Å². The first-order valence-electron chi connectivity index (χ1n) is 24.9. The first-order chi connectivity index (χ1) is 27.5. The standard InChI is InChI=1S/C48H99N2O6P/c1-6-8-10-12-14-16-18-20-22-23-24-25-26-27-28-30-32-34-36-38-40-42-48(52)49-46(45-56-57(53,54)55-44-43-50(3,4)5)47(51)41-39-37-35-33-31-29-21-19-17-15-13-11-9-7-2/h46-47,51H,6-45H2,1-5H3,(H-,49,52,53,54)/p+1. The van der Waals surface area contributed by atoms with Gasteiger partial charge in [-0.15, -0.1) is 0 Å². The molecule has 3 N–H and O–H groups in total. The lowest BCUT2D eigenvalue weighted by atomic mass is 10.0. The van der Waals surface area contributed by atoms with Crippen LogP contribution in [0.25, 0.3) is 0 Å². The first kappa shape index (κ1) is 56.5. The van der Waals surface area contributed by atoms with Gasteiger partial charge in [0.1, 0.15) is 13.2 Å². The van der Waals surface area contributed by atoms with Gasteiger partial charge in [0.2, 0.25) is 5.91 Å². The van der Waals surface area contributed by atoms with Gasteiger partial charge in [0, 0.05) is 6.42 Å². The number of aliphatic hydroxyl groups is 1. The Labute approximate surface area is 355 Å². The largest absolute Gasteiger partial charge is 0.472 e. The van der Waals surface area contributed by atoms with Crippen molar-refractivity contribution in [3.8, 4) is 0 Å². The molecular weight excluding hydrogens is 732 g/mol. The number of nitrogens with zero attached hydrogens (tertiary/aromatic N) is 1. The van der Waals surface area contributed by atoms with Crippen molar-refractivity contribution in [3.05, 3.63) is 0 Å². The number of quaternary nitrogens is 1. The van der Waals surface area contributed by atoms with E-state index in [-0.39, 0.29) is 19.1 Å². The van der Waals surface area contributed by atoms with Gasteiger partial charge in [0.15, 0.2) is 0 Å². The van der Waals surface area contributed by atoms with Gasteiger partial charge in [0.25, 0.3) is 0 Å². The van der Waals surface area contributed by atoms with Crippen molar-refractivity contribution in [2.24, 2.45) is 0 Å². The molecular formula is C48H100N2O6P+. The summed E-state index contributed by atoms with van der Waals surface area (Å²) in [5.74, 6) is -0.139. The van der Waals surface area contributed by atoms with E-state index < -0.39 is 20.0 Å². The zero-order valence-electron chi connectivity index (χ0n) is 38.9. The van der Waals surface area contributed by atoms with Gasteiger partial charge >= 0.3 is 7.82 Å². The molecule has 8 nitrogen and oxygen atoms in total. The molecule has 0 aliphatic heterocycles. The molecule has 3 atom stereocenters. The zero-order chi connectivity index (χ0) is 42.1. The van der Waals surface area contributed by atoms with Gasteiger partial charge in [-0.25, -0.2) is 4.57 Å². The number of carbonyl (C=O) groups is 1. The lowest BCUT2D eigenvalue weighted by molar-refractivity contribution is -0.870. The normalized spacial score (nSPS) is 14.2. The SMILES string of the molecule is CCCCCCCCCCCCCCCCCCCCCCCC(=O)NC(COP(=O)(O)OCC[N+](C)(C)C)C(O)CCCCCCCCCCCCCCCC. The number of rotatable bonds is 46. The van der Waals surface area contributed by atoms with Crippen LogP contribution in [0.2, 0.25) is 0 Å². The number of carbonyl (C=O) groups excluding carboxylic acids is 1. The highest BCUT2D eigenvalue weighted by atomic mass is 31.2. The summed E-state index contributed by atoms with van der Waals surface area (Å²) < 4.78 is 23.7. The van der Waals surface area contributed by atoms with Crippen LogP contribution in [0.5, 0.6) is 0 Å². The van der Waals surface area contributed by atoms with Gasteiger partial charge in [-0.05, 0) is 12.8 Å². The molecule has 0 aromatic carbocycles. The predicted molar refractivity (Wildman–Crippen MR) is 245 cm³/mol. The Hall–Kier alpha value is -0.500. The molecule has 0 aromatic rings. The van der Waals surface area contributed by atoms with E-state index in [1.165, 1.54) is 186 Å². The Balaban J connectivity index is 4.20. The highest BCUT2D eigenvalue weighted by Crippen LogP contribution is 2.43. The molecule has 0 saturated heterocycles. The molecule has 0 radical (unpaired) electrons. The van der Waals surface area contributed by atoms with Gasteiger partial charge in [-0.2, -0.15) is 0 Å². The van der Waals surface area contributed by atoms with Gasteiger partial charge < -0.3 is 19.8 Å². The van der Waals surface area contributed by atoms with E-state index in [2.05, 4.69) is 19.2 Å². The van der Waals surface area contributed by atoms with Crippen LogP contribution in [0.15, 0.2) is 0 Å². The molecule has 342 valence electrons. The average Bonchev–Trinajstić information content (AvgIpc) is 3.16. The van der Waals surface area contributed by atoms with E-state index in [1.54, 1.807) is 0 Å². The minimum atomic E-state index is -4.31. The van der Waals surface area contributed by atoms with Crippen LogP contribution in [0.4, 0.5) is 0 Å². The molecule has 0 bridgehead atoms. The second-order valence-corrected chi connectivity index (χ2v) is 20.0. The molecule has 0 aromatic heterocycles. The van der Waals surface area contributed by atoms with Crippen LogP contribution in [-0.2, 0) is 18.4 Å². The summed E-state index contributed by atoms with van der Waals surface area (Å²) in [7, 11) is 1.63. The van der Waals surface area contributed by atoms with E-state index in [0.29, 0.717) is 23.9 Å².